The fourth-order valence-corrected chi connectivity index (χ4v) is 7.00. The Morgan fingerprint density at radius 3 is 1.04 bits per heavy atom. The van der Waals surface area contributed by atoms with Crippen LogP contribution < -0.4 is 9.80 Å². The molecule has 8 aromatic carbocycles. The van der Waals surface area contributed by atoms with E-state index in [1.807, 2.05) is 12.4 Å². The zero-order chi connectivity index (χ0) is 34.7. The highest BCUT2D eigenvalue weighted by molar-refractivity contribution is 6.00. The van der Waals surface area contributed by atoms with Gasteiger partial charge in [0.2, 0.25) is 0 Å². The summed E-state index contributed by atoms with van der Waals surface area (Å²) >= 11 is 0. The minimum absolute atomic E-state index is 0.828. The predicted molar refractivity (Wildman–Crippen MR) is 217 cm³/mol. The smallest absolute Gasteiger partial charge is 0.0885 e. The van der Waals surface area contributed by atoms with Crippen molar-refractivity contribution >= 4 is 55.7 Å². The van der Waals surface area contributed by atoms with Crippen LogP contribution in [0.1, 0.15) is 0 Å². The molecule has 4 heteroatoms. The van der Waals surface area contributed by atoms with Crippen LogP contribution in [0.3, 0.4) is 0 Å². The van der Waals surface area contributed by atoms with Gasteiger partial charge in [-0.25, -0.2) is 0 Å². The molecule has 52 heavy (non-hydrogen) atoms. The van der Waals surface area contributed by atoms with Crippen LogP contribution in [-0.4, -0.2) is 9.97 Å². The van der Waals surface area contributed by atoms with Crippen LogP contribution in [0, 0.1) is 0 Å². The molecule has 0 spiro atoms. The molecule has 0 N–H and O–H groups in total. The van der Waals surface area contributed by atoms with Gasteiger partial charge in [-0.3, -0.25) is 9.97 Å². The molecule has 0 aliphatic rings. The number of anilines is 6. The number of nitrogens with zero attached hydrogens (tertiary/aromatic N) is 4. The van der Waals surface area contributed by atoms with Gasteiger partial charge in [0.05, 0.1) is 35.2 Å². The van der Waals surface area contributed by atoms with Gasteiger partial charge in [-0.1, -0.05) is 133 Å². The Morgan fingerprint density at radius 1 is 0.288 bits per heavy atom. The highest BCUT2D eigenvalue weighted by Crippen LogP contribution is 2.41. The SMILES string of the molecule is c1ccc(N(c2ccc(-c3cnc(-c4ccc(N(c5ccccc5)c5cccc6ccccc56)cc4)cn3)cc2)c2cccc3ccccc23)cc1. The zero-order valence-corrected chi connectivity index (χ0v) is 28.4. The second-order valence-corrected chi connectivity index (χ2v) is 12.7. The Hall–Kier alpha value is -7.04. The number of para-hydroxylation sites is 2. The number of rotatable bonds is 8. The Bertz CT molecular complexity index is 2410. The lowest BCUT2D eigenvalue weighted by molar-refractivity contribution is 1.21. The van der Waals surface area contributed by atoms with Crippen molar-refractivity contribution in [3.05, 3.63) is 207 Å². The quantitative estimate of drug-likeness (QED) is 0.162. The third kappa shape index (κ3) is 5.93. The molecule has 0 aliphatic carbocycles. The lowest BCUT2D eigenvalue weighted by atomic mass is 10.1. The van der Waals surface area contributed by atoms with Crippen LogP contribution in [0.5, 0.6) is 0 Å². The largest absolute Gasteiger partial charge is 0.310 e. The van der Waals surface area contributed by atoms with Gasteiger partial charge in [-0.2, -0.15) is 0 Å². The summed E-state index contributed by atoms with van der Waals surface area (Å²) in [5.74, 6) is 0. The van der Waals surface area contributed by atoms with Crippen LogP contribution in [0.15, 0.2) is 207 Å². The van der Waals surface area contributed by atoms with Crippen molar-refractivity contribution in [3.8, 4) is 22.5 Å². The van der Waals surface area contributed by atoms with E-state index >= 15 is 0 Å². The lowest BCUT2D eigenvalue weighted by Gasteiger charge is -2.27. The molecule has 0 saturated heterocycles. The standard InChI is InChI=1S/C48H34N4/c1-3-17-39(18-4-1)51(47-23-11-15-35-13-7-9-21-43(35)47)41-29-25-37(26-30-41)45-33-50-46(34-49-45)38-27-31-42(32-28-38)52(40-19-5-2-6-20-40)48-24-12-16-36-14-8-10-22-44(36)48/h1-34H. The topological polar surface area (TPSA) is 32.3 Å². The van der Waals surface area contributed by atoms with Crippen molar-refractivity contribution in [2.75, 3.05) is 9.80 Å². The van der Waals surface area contributed by atoms with Gasteiger partial charge >= 0.3 is 0 Å². The van der Waals surface area contributed by atoms with Gasteiger partial charge in [0, 0.05) is 44.6 Å². The van der Waals surface area contributed by atoms with Crippen molar-refractivity contribution in [1.29, 1.82) is 0 Å². The van der Waals surface area contributed by atoms with E-state index in [4.69, 9.17) is 9.97 Å². The number of hydrogen-bond acceptors (Lipinski definition) is 4. The lowest BCUT2D eigenvalue weighted by Crippen LogP contribution is -2.10. The number of benzene rings is 8. The molecule has 0 radical (unpaired) electrons. The monoisotopic (exact) mass is 666 g/mol. The van der Waals surface area contributed by atoms with Crippen molar-refractivity contribution in [2.45, 2.75) is 0 Å². The first-order valence-corrected chi connectivity index (χ1v) is 17.5. The first-order valence-electron chi connectivity index (χ1n) is 17.5. The number of fused-ring (bicyclic) bond motifs is 2. The first kappa shape index (κ1) is 31.0. The van der Waals surface area contributed by atoms with E-state index in [1.54, 1.807) is 0 Å². The summed E-state index contributed by atoms with van der Waals surface area (Å²) in [4.78, 5) is 14.3. The van der Waals surface area contributed by atoms with E-state index in [0.29, 0.717) is 0 Å². The van der Waals surface area contributed by atoms with Crippen LogP contribution >= 0.6 is 0 Å². The summed E-state index contributed by atoms with van der Waals surface area (Å²) in [6, 6.07) is 68.1. The second kappa shape index (κ2) is 13.7. The van der Waals surface area contributed by atoms with Crippen LogP contribution in [0.25, 0.3) is 44.1 Å². The minimum atomic E-state index is 0.828. The normalized spacial score (nSPS) is 11.1. The molecule has 9 rings (SSSR count). The maximum Gasteiger partial charge on any atom is 0.0885 e. The summed E-state index contributed by atoms with van der Waals surface area (Å²) in [5.41, 5.74) is 10.3. The molecule has 0 aliphatic heterocycles. The minimum Gasteiger partial charge on any atom is -0.310 e. The summed E-state index contributed by atoms with van der Waals surface area (Å²) in [6.45, 7) is 0. The fourth-order valence-electron chi connectivity index (χ4n) is 7.00. The highest BCUT2D eigenvalue weighted by atomic mass is 15.1. The highest BCUT2D eigenvalue weighted by Gasteiger charge is 2.17. The van der Waals surface area contributed by atoms with Gasteiger partial charge < -0.3 is 9.80 Å². The van der Waals surface area contributed by atoms with Crippen molar-refractivity contribution in [2.24, 2.45) is 0 Å². The van der Waals surface area contributed by atoms with E-state index in [2.05, 4.69) is 204 Å². The summed E-state index contributed by atoms with van der Waals surface area (Å²) in [7, 11) is 0. The van der Waals surface area contributed by atoms with Crippen LogP contribution in [0.4, 0.5) is 34.1 Å². The Morgan fingerprint density at radius 2 is 0.635 bits per heavy atom. The zero-order valence-electron chi connectivity index (χ0n) is 28.4. The maximum absolute atomic E-state index is 4.86. The van der Waals surface area contributed by atoms with E-state index in [1.165, 1.54) is 21.5 Å². The van der Waals surface area contributed by atoms with E-state index in [0.717, 1.165) is 56.6 Å². The average molecular weight is 667 g/mol. The molecule has 0 unspecified atom stereocenters. The predicted octanol–water partition coefficient (Wildman–Crippen LogP) is 13.1. The average Bonchev–Trinajstić information content (AvgIpc) is 3.23. The Balaban J connectivity index is 1.00. The number of aromatic nitrogens is 2. The molecule has 9 aromatic rings. The molecule has 1 aromatic heterocycles. The third-order valence-electron chi connectivity index (χ3n) is 9.54. The van der Waals surface area contributed by atoms with E-state index in [-0.39, 0.29) is 0 Å². The maximum atomic E-state index is 4.86. The molecule has 0 fully saturated rings. The molecule has 0 bridgehead atoms. The van der Waals surface area contributed by atoms with Crippen molar-refractivity contribution in [3.63, 3.8) is 0 Å². The van der Waals surface area contributed by atoms with Gasteiger partial charge in [0.25, 0.3) is 0 Å². The van der Waals surface area contributed by atoms with Gasteiger partial charge in [0.1, 0.15) is 0 Å². The summed E-state index contributed by atoms with van der Waals surface area (Å²) in [5, 5.41) is 4.82. The third-order valence-corrected chi connectivity index (χ3v) is 9.54. The Labute approximate surface area is 303 Å². The summed E-state index contributed by atoms with van der Waals surface area (Å²) < 4.78 is 0. The van der Waals surface area contributed by atoms with Gasteiger partial charge in [0.15, 0.2) is 0 Å². The van der Waals surface area contributed by atoms with Crippen molar-refractivity contribution in [1.82, 2.24) is 9.97 Å². The molecule has 246 valence electrons. The van der Waals surface area contributed by atoms with E-state index in [9.17, 15) is 0 Å². The molecular weight excluding hydrogens is 633 g/mol. The molecule has 1 heterocycles. The molecule has 4 nitrogen and oxygen atoms in total. The number of hydrogen-bond donors (Lipinski definition) is 0. The summed E-state index contributed by atoms with van der Waals surface area (Å²) in [6.07, 6.45) is 3.73. The molecule has 0 saturated carbocycles. The first-order chi connectivity index (χ1) is 25.8. The van der Waals surface area contributed by atoms with Gasteiger partial charge in [-0.15, -0.1) is 0 Å². The molecule has 0 atom stereocenters. The van der Waals surface area contributed by atoms with Crippen molar-refractivity contribution < 1.29 is 0 Å². The van der Waals surface area contributed by atoms with Crippen LogP contribution in [0.2, 0.25) is 0 Å². The Kier molecular flexibility index (Phi) is 8.16. The second-order valence-electron chi connectivity index (χ2n) is 12.7. The molecular formula is C48H34N4. The van der Waals surface area contributed by atoms with Gasteiger partial charge in [-0.05, 0) is 71.4 Å². The van der Waals surface area contributed by atoms with E-state index < -0.39 is 0 Å². The van der Waals surface area contributed by atoms with Crippen LogP contribution in [-0.2, 0) is 0 Å². The fraction of sp³-hybridized carbons (Fsp3) is 0. The molecule has 0 amide bonds.